The van der Waals surface area contributed by atoms with Gasteiger partial charge in [0.2, 0.25) is 5.89 Å². The molecule has 0 aliphatic heterocycles. The van der Waals surface area contributed by atoms with Gasteiger partial charge in [0.05, 0.1) is 11.8 Å². The minimum Gasteiger partial charge on any atom is -0.339 e. The summed E-state index contributed by atoms with van der Waals surface area (Å²) in [5.74, 6) is 0.735. The van der Waals surface area contributed by atoms with Crippen LogP contribution in [0.2, 0.25) is 0 Å². The highest BCUT2D eigenvalue weighted by Crippen LogP contribution is 2.29. The molecule has 0 aromatic carbocycles. The van der Waals surface area contributed by atoms with E-state index in [0.717, 1.165) is 4.88 Å². The zero-order valence-electron chi connectivity index (χ0n) is 13.1. The summed E-state index contributed by atoms with van der Waals surface area (Å²) in [7, 11) is -3.08. The molecule has 0 radical (unpaired) electrons. The number of nitrogens with zero attached hydrogens (tertiary/aromatic N) is 3. The Morgan fingerprint density at radius 2 is 2.08 bits per heavy atom. The van der Waals surface area contributed by atoms with E-state index in [-0.39, 0.29) is 24.1 Å². The lowest BCUT2D eigenvalue weighted by molar-refractivity contribution is 0.346. The standard InChI is InChI=1S/C15H18N4O3S2/c1-24(20,21)10-6-11(16)15-17-14(18-22-15)13(12-5-4-9-23-12)19-7-2-3-8-19/h2-5,7-9,11,13H,6,10,16H2,1H3/t11-,13+/m0/s1. The lowest BCUT2D eigenvalue weighted by Crippen LogP contribution is -2.16. The third-order valence-corrected chi connectivity index (χ3v) is 5.46. The van der Waals surface area contributed by atoms with E-state index in [1.165, 1.54) is 6.26 Å². The first-order chi connectivity index (χ1) is 11.4. The minimum atomic E-state index is -3.08. The van der Waals surface area contributed by atoms with Crippen molar-refractivity contribution < 1.29 is 12.9 Å². The van der Waals surface area contributed by atoms with E-state index in [1.54, 1.807) is 11.3 Å². The van der Waals surface area contributed by atoms with Gasteiger partial charge >= 0.3 is 0 Å². The number of hydrogen-bond acceptors (Lipinski definition) is 7. The Kier molecular flexibility index (Phi) is 4.83. The van der Waals surface area contributed by atoms with Crippen molar-refractivity contribution in [1.82, 2.24) is 14.7 Å². The summed E-state index contributed by atoms with van der Waals surface area (Å²) in [5.41, 5.74) is 5.99. The molecule has 0 saturated heterocycles. The maximum atomic E-state index is 11.3. The van der Waals surface area contributed by atoms with E-state index >= 15 is 0 Å². The van der Waals surface area contributed by atoms with Crippen LogP contribution in [-0.2, 0) is 9.84 Å². The molecule has 0 amide bonds. The average Bonchev–Trinajstić information content (AvgIpc) is 3.27. The van der Waals surface area contributed by atoms with Gasteiger partial charge in [0.15, 0.2) is 5.82 Å². The second kappa shape index (κ2) is 6.88. The number of sulfone groups is 1. The van der Waals surface area contributed by atoms with E-state index in [1.807, 2.05) is 46.6 Å². The van der Waals surface area contributed by atoms with Gasteiger partial charge in [-0.25, -0.2) is 8.42 Å². The van der Waals surface area contributed by atoms with E-state index in [9.17, 15) is 8.42 Å². The molecule has 3 rings (SSSR count). The molecule has 0 saturated carbocycles. The first kappa shape index (κ1) is 16.9. The predicted molar refractivity (Wildman–Crippen MR) is 91.5 cm³/mol. The largest absolute Gasteiger partial charge is 0.339 e. The molecule has 2 atom stereocenters. The van der Waals surface area contributed by atoms with Crippen molar-refractivity contribution in [2.75, 3.05) is 12.0 Å². The van der Waals surface area contributed by atoms with E-state index < -0.39 is 15.9 Å². The van der Waals surface area contributed by atoms with Gasteiger partial charge in [0.25, 0.3) is 0 Å². The van der Waals surface area contributed by atoms with Gasteiger partial charge < -0.3 is 14.8 Å². The first-order valence-corrected chi connectivity index (χ1v) is 10.3. The molecule has 0 spiro atoms. The molecule has 128 valence electrons. The van der Waals surface area contributed by atoms with Crippen LogP contribution in [0.4, 0.5) is 0 Å². The summed E-state index contributed by atoms with van der Waals surface area (Å²) >= 11 is 1.60. The molecule has 3 aromatic rings. The lowest BCUT2D eigenvalue weighted by Gasteiger charge is -2.13. The summed E-state index contributed by atoms with van der Waals surface area (Å²) in [6.45, 7) is 0. The van der Waals surface area contributed by atoms with Crippen molar-refractivity contribution >= 4 is 21.2 Å². The second-order valence-corrected chi connectivity index (χ2v) is 8.80. The van der Waals surface area contributed by atoms with E-state index in [2.05, 4.69) is 10.1 Å². The van der Waals surface area contributed by atoms with Crippen LogP contribution < -0.4 is 5.73 Å². The normalized spacial score (nSPS) is 14.6. The molecule has 0 bridgehead atoms. The van der Waals surface area contributed by atoms with Gasteiger partial charge in [-0.15, -0.1) is 11.3 Å². The van der Waals surface area contributed by atoms with Crippen LogP contribution in [0, 0.1) is 0 Å². The number of thiophene rings is 1. The first-order valence-electron chi connectivity index (χ1n) is 7.37. The molecule has 0 fully saturated rings. The van der Waals surface area contributed by atoms with Gasteiger partial charge in [-0.05, 0) is 30.0 Å². The highest BCUT2D eigenvalue weighted by molar-refractivity contribution is 7.90. The third-order valence-electron chi connectivity index (χ3n) is 3.56. The molecular formula is C15H18N4O3S2. The molecule has 9 heteroatoms. The lowest BCUT2D eigenvalue weighted by atomic mass is 10.2. The monoisotopic (exact) mass is 366 g/mol. The summed E-state index contributed by atoms with van der Waals surface area (Å²) in [6, 6.07) is 7.04. The van der Waals surface area contributed by atoms with Crippen molar-refractivity contribution in [2.24, 2.45) is 5.73 Å². The van der Waals surface area contributed by atoms with Gasteiger partial charge in [-0.1, -0.05) is 11.2 Å². The molecule has 0 unspecified atom stereocenters. The highest BCUT2D eigenvalue weighted by atomic mass is 32.2. The summed E-state index contributed by atoms with van der Waals surface area (Å²) in [4.78, 5) is 5.48. The van der Waals surface area contributed by atoms with Crippen LogP contribution in [-0.4, -0.2) is 35.1 Å². The van der Waals surface area contributed by atoms with Crippen LogP contribution in [0.3, 0.4) is 0 Å². The Balaban J connectivity index is 1.84. The molecule has 0 aliphatic rings. The average molecular weight is 366 g/mol. The fraction of sp³-hybridized carbons (Fsp3) is 0.333. The molecule has 3 heterocycles. The smallest absolute Gasteiger partial charge is 0.243 e. The number of hydrogen-bond donors (Lipinski definition) is 1. The zero-order chi connectivity index (χ0) is 17.2. The summed E-state index contributed by atoms with van der Waals surface area (Å²) in [6.07, 6.45) is 5.29. The van der Waals surface area contributed by atoms with Gasteiger partial charge in [0.1, 0.15) is 15.9 Å². The second-order valence-electron chi connectivity index (χ2n) is 5.56. The molecule has 24 heavy (non-hydrogen) atoms. The SMILES string of the molecule is CS(=O)(=O)CC[C@H](N)c1nc([C@@H](c2cccs2)n2cccc2)no1. The highest BCUT2D eigenvalue weighted by Gasteiger charge is 2.24. The number of aromatic nitrogens is 3. The quantitative estimate of drug-likeness (QED) is 0.686. The Bertz CT molecular complexity index is 836. The predicted octanol–water partition coefficient (Wildman–Crippen LogP) is 2.00. The topological polar surface area (TPSA) is 104 Å². The van der Waals surface area contributed by atoms with E-state index in [4.69, 9.17) is 10.3 Å². The van der Waals surface area contributed by atoms with Crippen LogP contribution >= 0.6 is 11.3 Å². The molecule has 2 N–H and O–H groups in total. The van der Waals surface area contributed by atoms with Gasteiger partial charge in [0, 0.05) is 23.5 Å². The maximum absolute atomic E-state index is 11.3. The molecule has 0 aliphatic carbocycles. The summed E-state index contributed by atoms with van der Waals surface area (Å²) < 4.78 is 29.8. The zero-order valence-corrected chi connectivity index (χ0v) is 14.7. The van der Waals surface area contributed by atoms with Crippen molar-refractivity contribution in [3.05, 3.63) is 58.6 Å². The fourth-order valence-corrected chi connectivity index (χ4v) is 3.86. The van der Waals surface area contributed by atoms with Crippen molar-refractivity contribution in [1.29, 1.82) is 0 Å². The molecule has 7 nitrogen and oxygen atoms in total. The van der Waals surface area contributed by atoms with Crippen LogP contribution in [0.25, 0.3) is 0 Å². The van der Waals surface area contributed by atoms with Crippen LogP contribution in [0.5, 0.6) is 0 Å². The Morgan fingerprint density at radius 3 is 2.71 bits per heavy atom. The maximum Gasteiger partial charge on any atom is 0.243 e. The van der Waals surface area contributed by atoms with Crippen LogP contribution in [0.15, 0.2) is 46.6 Å². The minimum absolute atomic E-state index is 0.0160. The summed E-state index contributed by atoms with van der Waals surface area (Å²) in [5, 5.41) is 6.05. The number of nitrogens with two attached hydrogens (primary N) is 1. The van der Waals surface area contributed by atoms with Gasteiger partial charge in [-0.3, -0.25) is 0 Å². The van der Waals surface area contributed by atoms with Crippen molar-refractivity contribution in [3.8, 4) is 0 Å². The molecule has 3 aromatic heterocycles. The Morgan fingerprint density at radius 1 is 1.33 bits per heavy atom. The molecular weight excluding hydrogens is 348 g/mol. The van der Waals surface area contributed by atoms with E-state index in [0.29, 0.717) is 5.82 Å². The van der Waals surface area contributed by atoms with Crippen LogP contribution in [0.1, 0.15) is 35.1 Å². The van der Waals surface area contributed by atoms with Crippen molar-refractivity contribution in [3.63, 3.8) is 0 Å². The number of rotatable bonds is 7. The Labute approximate surface area is 144 Å². The Hall–Kier alpha value is -1.97. The third kappa shape index (κ3) is 3.92. The fourth-order valence-electron chi connectivity index (χ4n) is 2.35. The van der Waals surface area contributed by atoms with Gasteiger partial charge in [-0.2, -0.15) is 4.98 Å². The van der Waals surface area contributed by atoms with Crippen molar-refractivity contribution in [2.45, 2.75) is 18.5 Å².